The summed E-state index contributed by atoms with van der Waals surface area (Å²) in [4.78, 5) is 11.3. The molecule has 15 heavy (non-hydrogen) atoms. The average molecular weight is 276 g/mol. The van der Waals surface area contributed by atoms with Gasteiger partial charge in [-0.3, -0.25) is 4.79 Å². The lowest BCUT2D eigenvalue weighted by atomic mass is 10.1. The summed E-state index contributed by atoms with van der Waals surface area (Å²) in [6, 6.07) is 3.00. The summed E-state index contributed by atoms with van der Waals surface area (Å²) >= 11 is 3.20. The highest BCUT2D eigenvalue weighted by Crippen LogP contribution is 2.21. The second-order valence-electron chi connectivity index (χ2n) is 2.99. The van der Waals surface area contributed by atoms with Crippen molar-refractivity contribution in [1.82, 2.24) is 0 Å². The number of hydrogen-bond acceptors (Lipinski definition) is 3. The highest BCUT2D eigenvalue weighted by molar-refractivity contribution is 9.10. The third-order valence-electron chi connectivity index (χ3n) is 1.90. The molecule has 0 aliphatic heterocycles. The van der Waals surface area contributed by atoms with E-state index < -0.39 is 11.6 Å². The lowest BCUT2D eigenvalue weighted by Crippen LogP contribution is -2.16. The molecule has 5 heteroatoms. The van der Waals surface area contributed by atoms with Gasteiger partial charge < -0.3 is 10.5 Å². The Morgan fingerprint density at radius 1 is 1.60 bits per heavy atom. The maximum absolute atomic E-state index is 13.7. The van der Waals surface area contributed by atoms with Gasteiger partial charge in [0.2, 0.25) is 0 Å². The number of Topliss-reactive ketones (excluding diaryl/α,β-unsaturated/α-hetero) is 1. The fourth-order valence-electron chi connectivity index (χ4n) is 1.22. The van der Waals surface area contributed by atoms with Gasteiger partial charge in [-0.25, -0.2) is 4.39 Å². The van der Waals surface area contributed by atoms with Crippen molar-refractivity contribution in [1.29, 1.82) is 0 Å². The number of carbonyl (C=O) groups is 1. The third-order valence-corrected chi connectivity index (χ3v) is 2.36. The van der Waals surface area contributed by atoms with Gasteiger partial charge in [0, 0.05) is 17.1 Å². The maximum Gasteiger partial charge on any atom is 0.179 e. The number of nitrogens with two attached hydrogens (primary N) is 1. The standard InChI is InChI=1S/C10H11BrFNO2/c1-15-5-6-2-7(11)3-8(10(6)12)9(14)4-13/h2-3H,4-5,13H2,1H3. The van der Waals surface area contributed by atoms with Gasteiger partial charge in [0.15, 0.2) is 5.78 Å². The van der Waals surface area contributed by atoms with Crippen LogP contribution in [0.4, 0.5) is 4.39 Å². The van der Waals surface area contributed by atoms with Crippen LogP contribution in [0.5, 0.6) is 0 Å². The smallest absolute Gasteiger partial charge is 0.179 e. The Bertz CT molecular complexity index is 382. The number of halogens is 2. The van der Waals surface area contributed by atoms with Crippen LogP contribution in [0.25, 0.3) is 0 Å². The van der Waals surface area contributed by atoms with Crippen molar-refractivity contribution >= 4 is 21.7 Å². The van der Waals surface area contributed by atoms with Crippen molar-refractivity contribution in [3.8, 4) is 0 Å². The predicted octanol–water partition coefficient (Wildman–Crippen LogP) is 1.88. The Labute approximate surface area is 95.5 Å². The maximum atomic E-state index is 13.7. The Morgan fingerprint density at radius 2 is 2.27 bits per heavy atom. The second kappa shape index (κ2) is 5.34. The van der Waals surface area contributed by atoms with Crippen LogP contribution in [0.3, 0.4) is 0 Å². The van der Waals surface area contributed by atoms with Crippen LogP contribution in [-0.4, -0.2) is 19.4 Å². The highest BCUT2D eigenvalue weighted by atomic mass is 79.9. The topological polar surface area (TPSA) is 52.3 Å². The Morgan fingerprint density at radius 3 is 2.80 bits per heavy atom. The molecule has 0 aromatic heterocycles. The molecule has 0 saturated heterocycles. The minimum absolute atomic E-state index is 0.000995. The minimum Gasteiger partial charge on any atom is -0.380 e. The van der Waals surface area contributed by atoms with Crippen molar-refractivity contribution < 1.29 is 13.9 Å². The molecule has 0 spiro atoms. The van der Waals surface area contributed by atoms with Gasteiger partial charge in [0.25, 0.3) is 0 Å². The van der Waals surface area contributed by atoms with Gasteiger partial charge >= 0.3 is 0 Å². The summed E-state index contributed by atoms with van der Waals surface area (Å²) in [5, 5.41) is 0. The molecular weight excluding hydrogens is 265 g/mol. The first-order valence-electron chi connectivity index (χ1n) is 4.30. The van der Waals surface area contributed by atoms with E-state index in [-0.39, 0.29) is 18.7 Å². The van der Waals surface area contributed by atoms with Crippen LogP contribution < -0.4 is 5.73 Å². The number of carbonyl (C=O) groups excluding carboxylic acids is 1. The molecule has 0 atom stereocenters. The lowest BCUT2D eigenvalue weighted by Gasteiger charge is -2.07. The summed E-state index contributed by atoms with van der Waals surface area (Å²) in [5.41, 5.74) is 5.52. The second-order valence-corrected chi connectivity index (χ2v) is 3.90. The summed E-state index contributed by atoms with van der Waals surface area (Å²) in [6.07, 6.45) is 0. The van der Waals surface area contributed by atoms with Gasteiger partial charge in [-0.1, -0.05) is 15.9 Å². The van der Waals surface area contributed by atoms with E-state index >= 15 is 0 Å². The van der Waals surface area contributed by atoms with Gasteiger partial charge in [-0.15, -0.1) is 0 Å². The van der Waals surface area contributed by atoms with Gasteiger partial charge in [0.05, 0.1) is 18.7 Å². The average Bonchev–Trinajstić information content (AvgIpc) is 2.22. The molecule has 0 aliphatic rings. The zero-order chi connectivity index (χ0) is 11.4. The van der Waals surface area contributed by atoms with E-state index in [1.807, 2.05) is 0 Å². The van der Waals surface area contributed by atoms with Crippen LogP contribution in [0.15, 0.2) is 16.6 Å². The summed E-state index contributed by atoms with van der Waals surface area (Å²) in [6.45, 7) is -0.0874. The molecule has 0 aliphatic carbocycles. The van der Waals surface area contributed by atoms with Crippen LogP contribution in [0.2, 0.25) is 0 Å². The van der Waals surface area contributed by atoms with E-state index in [4.69, 9.17) is 10.5 Å². The van der Waals surface area contributed by atoms with Crippen molar-refractivity contribution in [2.45, 2.75) is 6.61 Å². The van der Waals surface area contributed by atoms with Crippen LogP contribution in [-0.2, 0) is 11.3 Å². The number of ketones is 1. The molecule has 0 fully saturated rings. The number of benzene rings is 1. The number of rotatable bonds is 4. The first-order chi connectivity index (χ1) is 7.10. The van der Waals surface area contributed by atoms with E-state index in [1.54, 1.807) is 6.07 Å². The van der Waals surface area contributed by atoms with E-state index in [0.29, 0.717) is 10.0 Å². The molecule has 0 unspecified atom stereocenters. The van der Waals surface area contributed by atoms with Crippen LogP contribution in [0, 0.1) is 5.82 Å². The van der Waals surface area contributed by atoms with Crippen molar-refractivity contribution in [2.75, 3.05) is 13.7 Å². The summed E-state index contributed by atoms with van der Waals surface area (Å²) in [5.74, 6) is -0.985. The zero-order valence-corrected chi connectivity index (χ0v) is 9.80. The first-order valence-corrected chi connectivity index (χ1v) is 5.09. The quantitative estimate of drug-likeness (QED) is 0.854. The molecule has 0 saturated carbocycles. The number of ether oxygens (including phenoxy) is 1. The van der Waals surface area contributed by atoms with Crippen LogP contribution >= 0.6 is 15.9 Å². The molecule has 1 aromatic carbocycles. The molecular formula is C10H11BrFNO2. The van der Waals surface area contributed by atoms with Crippen molar-refractivity contribution in [3.63, 3.8) is 0 Å². The molecule has 82 valence electrons. The van der Waals surface area contributed by atoms with E-state index in [2.05, 4.69) is 15.9 Å². The molecule has 0 bridgehead atoms. The van der Waals surface area contributed by atoms with E-state index in [9.17, 15) is 9.18 Å². The zero-order valence-electron chi connectivity index (χ0n) is 8.22. The minimum atomic E-state index is -0.560. The van der Waals surface area contributed by atoms with Gasteiger partial charge in [-0.05, 0) is 12.1 Å². The fraction of sp³-hybridized carbons (Fsp3) is 0.300. The Hall–Kier alpha value is -0.780. The number of hydrogen-bond donors (Lipinski definition) is 1. The van der Waals surface area contributed by atoms with E-state index in [1.165, 1.54) is 13.2 Å². The van der Waals surface area contributed by atoms with E-state index in [0.717, 1.165) is 0 Å². The Kier molecular flexibility index (Phi) is 4.38. The highest BCUT2D eigenvalue weighted by Gasteiger charge is 2.15. The molecule has 0 radical (unpaired) electrons. The predicted molar refractivity (Wildman–Crippen MR) is 58.2 cm³/mol. The first kappa shape index (κ1) is 12.3. The fourth-order valence-corrected chi connectivity index (χ4v) is 1.72. The molecule has 1 aromatic rings. The normalized spacial score (nSPS) is 10.4. The molecule has 2 N–H and O–H groups in total. The number of methoxy groups -OCH3 is 1. The molecule has 0 amide bonds. The molecule has 0 heterocycles. The summed E-state index contributed by atoms with van der Waals surface area (Å²) in [7, 11) is 1.46. The third kappa shape index (κ3) is 2.84. The van der Waals surface area contributed by atoms with Crippen LogP contribution in [0.1, 0.15) is 15.9 Å². The Balaban J connectivity index is 3.21. The van der Waals surface area contributed by atoms with Gasteiger partial charge in [0.1, 0.15) is 5.82 Å². The van der Waals surface area contributed by atoms with Gasteiger partial charge in [-0.2, -0.15) is 0 Å². The molecule has 1 rings (SSSR count). The largest absolute Gasteiger partial charge is 0.380 e. The van der Waals surface area contributed by atoms with Crippen molar-refractivity contribution in [2.24, 2.45) is 5.73 Å². The monoisotopic (exact) mass is 275 g/mol. The molecule has 3 nitrogen and oxygen atoms in total. The summed E-state index contributed by atoms with van der Waals surface area (Å²) < 4.78 is 19.2. The lowest BCUT2D eigenvalue weighted by molar-refractivity contribution is 0.0996. The van der Waals surface area contributed by atoms with Crippen molar-refractivity contribution in [3.05, 3.63) is 33.5 Å². The SMILES string of the molecule is COCc1cc(Br)cc(C(=O)CN)c1F.